The Bertz CT molecular complexity index is 568. The van der Waals surface area contributed by atoms with E-state index >= 15 is 0 Å². The van der Waals surface area contributed by atoms with E-state index in [9.17, 15) is 9.59 Å². The molecule has 1 aromatic carbocycles. The zero-order valence-corrected chi connectivity index (χ0v) is 14.2. The zero-order valence-electron chi connectivity index (χ0n) is 12.6. The molecule has 1 saturated heterocycles. The Kier molecular flexibility index (Phi) is 5.97. The lowest BCUT2D eigenvalue weighted by Gasteiger charge is -2.23. The Morgan fingerprint density at radius 1 is 1.50 bits per heavy atom. The van der Waals surface area contributed by atoms with Gasteiger partial charge in [-0.1, -0.05) is 18.5 Å². The summed E-state index contributed by atoms with van der Waals surface area (Å²) in [5, 5.41) is 3.23. The maximum atomic E-state index is 12.5. The minimum absolute atomic E-state index is 0.0180. The molecule has 120 valence electrons. The molecule has 0 aromatic heterocycles. The SMILES string of the molecule is CCCC(=O)N1CSC[C@@H]1C(=O)Nc1cc(OC)ccc1Cl. The smallest absolute Gasteiger partial charge is 0.248 e. The quantitative estimate of drug-likeness (QED) is 0.893. The number of methoxy groups -OCH3 is 1. The monoisotopic (exact) mass is 342 g/mol. The van der Waals surface area contributed by atoms with Crippen molar-refractivity contribution in [2.75, 3.05) is 24.1 Å². The number of rotatable bonds is 5. The number of amides is 2. The third-order valence-electron chi connectivity index (χ3n) is 3.40. The number of halogens is 1. The number of carbonyl (C=O) groups is 2. The first-order chi connectivity index (χ1) is 10.6. The molecule has 1 aliphatic rings. The molecule has 0 spiro atoms. The van der Waals surface area contributed by atoms with Crippen LogP contribution in [-0.4, -0.2) is 41.5 Å². The lowest BCUT2D eigenvalue weighted by atomic mass is 10.2. The van der Waals surface area contributed by atoms with Crippen molar-refractivity contribution in [3.63, 3.8) is 0 Å². The van der Waals surface area contributed by atoms with Gasteiger partial charge in [-0.3, -0.25) is 9.59 Å². The number of thioether (sulfide) groups is 1. The predicted octanol–water partition coefficient (Wildman–Crippen LogP) is 2.99. The summed E-state index contributed by atoms with van der Waals surface area (Å²) in [5.74, 6) is 1.57. The molecule has 0 radical (unpaired) electrons. The van der Waals surface area contributed by atoms with Crippen LogP contribution in [0.1, 0.15) is 19.8 Å². The normalized spacial score (nSPS) is 17.4. The van der Waals surface area contributed by atoms with Crippen LogP contribution in [0.3, 0.4) is 0 Å². The van der Waals surface area contributed by atoms with Gasteiger partial charge in [0, 0.05) is 18.2 Å². The summed E-state index contributed by atoms with van der Waals surface area (Å²) in [6, 6.07) is 4.60. The second-order valence-electron chi connectivity index (χ2n) is 4.96. The van der Waals surface area contributed by atoms with Crippen LogP contribution in [0, 0.1) is 0 Å². The van der Waals surface area contributed by atoms with E-state index in [1.165, 1.54) is 0 Å². The van der Waals surface area contributed by atoms with Gasteiger partial charge < -0.3 is 15.0 Å². The molecule has 0 bridgehead atoms. The molecule has 1 heterocycles. The Hall–Kier alpha value is -1.40. The number of ether oxygens (including phenoxy) is 1. The van der Waals surface area contributed by atoms with Crippen LogP contribution in [0.2, 0.25) is 5.02 Å². The summed E-state index contributed by atoms with van der Waals surface area (Å²) < 4.78 is 5.13. The zero-order chi connectivity index (χ0) is 16.1. The van der Waals surface area contributed by atoms with Crippen LogP contribution in [0.5, 0.6) is 5.75 Å². The van der Waals surface area contributed by atoms with E-state index < -0.39 is 6.04 Å². The van der Waals surface area contributed by atoms with Gasteiger partial charge >= 0.3 is 0 Å². The van der Waals surface area contributed by atoms with Crippen molar-refractivity contribution in [3.05, 3.63) is 23.2 Å². The first kappa shape index (κ1) is 17.0. The molecular weight excluding hydrogens is 324 g/mol. The van der Waals surface area contributed by atoms with Crippen molar-refractivity contribution in [3.8, 4) is 5.75 Å². The molecule has 1 atom stereocenters. The van der Waals surface area contributed by atoms with Gasteiger partial charge in [-0.15, -0.1) is 11.8 Å². The Labute approximate surface area is 139 Å². The van der Waals surface area contributed by atoms with Crippen molar-refractivity contribution in [2.45, 2.75) is 25.8 Å². The summed E-state index contributed by atoms with van der Waals surface area (Å²) >= 11 is 7.68. The van der Waals surface area contributed by atoms with Crippen LogP contribution in [0.4, 0.5) is 5.69 Å². The second-order valence-corrected chi connectivity index (χ2v) is 6.37. The highest BCUT2D eigenvalue weighted by Crippen LogP contribution is 2.28. The number of hydrogen-bond donors (Lipinski definition) is 1. The van der Waals surface area contributed by atoms with Gasteiger partial charge in [0.15, 0.2) is 0 Å². The summed E-state index contributed by atoms with van der Waals surface area (Å²) in [4.78, 5) is 26.2. The van der Waals surface area contributed by atoms with Crippen LogP contribution in [-0.2, 0) is 9.59 Å². The number of hydrogen-bond acceptors (Lipinski definition) is 4. The standard InChI is InChI=1S/C15H19ClN2O3S/c1-3-4-14(19)18-9-22-8-13(18)15(20)17-12-7-10(21-2)5-6-11(12)16/h5-7,13H,3-4,8-9H2,1-2H3,(H,17,20)/t13-/m1/s1. The molecule has 5 nitrogen and oxygen atoms in total. The highest BCUT2D eigenvalue weighted by Gasteiger charge is 2.34. The maximum absolute atomic E-state index is 12.5. The van der Waals surface area contributed by atoms with Gasteiger partial charge in [0.25, 0.3) is 0 Å². The molecule has 2 amide bonds. The van der Waals surface area contributed by atoms with Gasteiger partial charge in [0.05, 0.1) is 23.7 Å². The van der Waals surface area contributed by atoms with Crippen LogP contribution < -0.4 is 10.1 Å². The van der Waals surface area contributed by atoms with E-state index in [0.717, 1.165) is 6.42 Å². The van der Waals surface area contributed by atoms with E-state index in [1.54, 1.807) is 42.0 Å². The van der Waals surface area contributed by atoms with E-state index in [0.29, 0.717) is 34.5 Å². The summed E-state index contributed by atoms with van der Waals surface area (Å²) in [6.45, 7) is 1.95. The molecule has 0 unspecified atom stereocenters. The molecule has 1 aromatic rings. The van der Waals surface area contributed by atoms with Crippen LogP contribution in [0.25, 0.3) is 0 Å². The molecule has 1 fully saturated rings. The number of benzene rings is 1. The topological polar surface area (TPSA) is 58.6 Å². The fraction of sp³-hybridized carbons (Fsp3) is 0.467. The third kappa shape index (κ3) is 3.87. The second kappa shape index (κ2) is 7.74. The average Bonchev–Trinajstić information content (AvgIpc) is 2.99. The fourth-order valence-corrected chi connectivity index (χ4v) is 3.55. The van der Waals surface area contributed by atoms with Gasteiger partial charge in [0.1, 0.15) is 11.8 Å². The minimum Gasteiger partial charge on any atom is -0.497 e. The van der Waals surface area contributed by atoms with Crippen molar-refractivity contribution in [1.82, 2.24) is 4.90 Å². The Morgan fingerprint density at radius 2 is 2.27 bits per heavy atom. The number of nitrogens with one attached hydrogen (secondary N) is 1. The molecule has 0 saturated carbocycles. The third-order valence-corrected chi connectivity index (χ3v) is 4.74. The molecule has 1 aliphatic heterocycles. The number of nitrogens with zero attached hydrogens (tertiary/aromatic N) is 1. The molecular formula is C15H19ClN2O3S. The van der Waals surface area contributed by atoms with Crippen molar-refractivity contribution in [2.24, 2.45) is 0 Å². The fourth-order valence-electron chi connectivity index (χ4n) is 2.21. The summed E-state index contributed by atoms with van der Waals surface area (Å²) in [5.41, 5.74) is 0.491. The van der Waals surface area contributed by atoms with Gasteiger partial charge in [-0.2, -0.15) is 0 Å². The molecule has 7 heteroatoms. The minimum atomic E-state index is -0.452. The average molecular weight is 343 g/mol. The summed E-state index contributed by atoms with van der Waals surface area (Å²) in [7, 11) is 1.55. The van der Waals surface area contributed by atoms with E-state index in [-0.39, 0.29) is 11.8 Å². The maximum Gasteiger partial charge on any atom is 0.248 e. The van der Waals surface area contributed by atoms with Crippen LogP contribution in [0.15, 0.2) is 18.2 Å². The molecule has 1 N–H and O–H groups in total. The first-order valence-corrected chi connectivity index (χ1v) is 8.61. The van der Waals surface area contributed by atoms with Gasteiger partial charge in [-0.05, 0) is 18.6 Å². The Morgan fingerprint density at radius 3 is 2.95 bits per heavy atom. The molecule has 22 heavy (non-hydrogen) atoms. The number of anilines is 1. The van der Waals surface area contributed by atoms with Gasteiger partial charge in [-0.25, -0.2) is 0 Å². The van der Waals surface area contributed by atoms with Crippen molar-refractivity contribution >= 4 is 40.9 Å². The van der Waals surface area contributed by atoms with Crippen molar-refractivity contribution in [1.29, 1.82) is 0 Å². The number of carbonyl (C=O) groups excluding carboxylic acids is 2. The highest BCUT2D eigenvalue weighted by molar-refractivity contribution is 7.99. The first-order valence-electron chi connectivity index (χ1n) is 7.08. The van der Waals surface area contributed by atoms with Gasteiger partial charge in [0.2, 0.25) is 11.8 Å². The van der Waals surface area contributed by atoms with E-state index in [4.69, 9.17) is 16.3 Å². The van der Waals surface area contributed by atoms with E-state index in [1.807, 2.05) is 6.92 Å². The molecule has 2 rings (SSSR count). The van der Waals surface area contributed by atoms with E-state index in [2.05, 4.69) is 5.32 Å². The highest BCUT2D eigenvalue weighted by atomic mass is 35.5. The lowest BCUT2D eigenvalue weighted by Crippen LogP contribution is -2.44. The summed E-state index contributed by atoms with van der Waals surface area (Å²) in [6.07, 6.45) is 1.24. The molecule has 0 aliphatic carbocycles. The lowest BCUT2D eigenvalue weighted by molar-refractivity contribution is -0.136. The predicted molar refractivity (Wildman–Crippen MR) is 89.5 cm³/mol. The Balaban J connectivity index is 2.09. The largest absolute Gasteiger partial charge is 0.497 e. The van der Waals surface area contributed by atoms with Crippen molar-refractivity contribution < 1.29 is 14.3 Å². The van der Waals surface area contributed by atoms with Crippen LogP contribution >= 0.6 is 23.4 Å².